The van der Waals surface area contributed by atoms with Crippen LogP contribution in [0.15, 0.2) is 12.4 Å². The summed E-state index contributed by atoms with van der Waals surface area (Å²) in [4.78, 5) is 14.1. The first-order chi connectivity index (χ1) is 9.22. The molecular formula is C13H22N4OS. The second kappa shape index (κ2) is 6.84. The minimum atomic E-state index is 0.00135. The van der Waals surface area contributed by atoms with E-state index in [4.69, 9.17) is 0 Å². The predicted octanol–water partition coefficient (Wildman–Crippen LogP) is 2.51. The first kappa shape index (κ1) is 14.2. The third-order valence-electron chi connectivity index (χ3n) is 3.42. The standard InChI is InChI=1S/C13H22N4OS/c1-3-17-9-12(7-14-17)15-13(18)16-6-4-5-11(8-16)10-19-2/h7,9,11H,3-6,8,10H2,1-2H3,(H,15,18). The highest BCUT2D eigenvalue weighted by Gasteiger charge is 2.23. The summed E-state index contributed by atoms with van der Waals surface area (Å²) in [5, 5.41) is 7.08. The third kappa shape index (κ3) is 3.89. The van der Waals surface area contributed by atoms with Gasteiger partial charge in [-0.2, -0.15) is 16.9 Å². The van der Waals surface area contributed by atoms with E-state index in [9.17, 15) is 4.79 Å². The van der Waals surface area contributed by atoms with Crippen molar-refractivity contribution in [3.05, 3.63) is 12.4 Å². The van der Waals surface area contributed by atoms with Crippen molar-refractivity contribution < 1.29 is 4.79 Å². The molecule has 2 rings (SSSR count). The summed E-state index contributed by atoms with van der Waals surface area (Å²) in [5.41, 5.74) is 0.777. The smallest absolute Gasteiger partial charge is 0.321 e. The van der Waals surface area contributed by atoms with E-state index in [-0.39, 0.29) is 6.03 Å². The highest BCUT2D eigenvalue weighted by atomic mass is 32.2. The summed E-state index contributed by atoms with van der Waals surface area (Å²) in [6, 6.07) is 0.00135. The molecule has 106 valence electrons. The molecule has 2 heterocycles. The maximum atomic E-state index is 12.2. The molecule has 0 radical (unpaired) electrons. The number of anilines is 1. The quantitative estimate of drug-likeness (QED) is 0.923. The maximum absolute atomic E-state index is 12.2. The van der Waals surface area contributed by atoms with Gasteiger partial charge in [-0.3, -0.25) is 4.68 Å². The van der Waals surface area contributed by atoms with Crippen molar-refractivity contribution in [2.75, 3.05) is 30.4 Å². The molecule has 1 aromatic heterocycles. The average Bonchev–Trinajstić information content (AvgIpc) is 2.87. The number of amides is 2. The zero-order valence-corrected chi connectivity index (χ0v) is 12.4. The molecule has 5 nitrogen and oxygen atoms in total. The minimum absolute atomic E-state index is 0.00135. The highest BCUT2D eigenvalue weighted by molar-refractivity contribution is 7.98. The SMILES string of the molecule is CCn1cc(NC(=O)N2CCCC(CSC)C2)cn1. The van der Waals surface area contributed by atoms with Crippen molar-refractivity contribution in [3.63, 3.8) is 0 Å². The molecule has 6 heteroatoms. The van der Waals surface area contributed by atoms with Crippen molar-refractivity contribution >= 4 is 23.5 Å². The van der Waals surface area contributed by atoms with Gasteiger partial charge in [-0.05, 0) is 37.7 Å². The molecule has 0 spiro atoms. The van der Waals surface area contributed by atoms with Gasteiger partial charge in [-0.25, -0.2) is 4.79 Å². The monoisotopic (exact) mass is 282 g/mol. The largest absolute Gasteiger partial charge is 0.324 e. The van der Waals surface area contributed by atoms with Gasteiger partial charge in [0.05, 0.1) is 11.9 Å². The topological polar surface area (TPSA) is 50.2 Å². The number of aryl methyl sites for hydroxylation is 1. The summed E-state index contributed by atoms with van der Waals surface area (Å²) in [6.45, 7) is 4.57. The fourth-order valence-corrected chi connectivity index (χ4v) is 3.17. The van der Waals surface area contributed by atoms with Crippen molar-refractivity contribution in [3.8, 4) is 0 Å². The van der Waals surface area contributed by atoms with Gasteiger partial charge in [0.1, 0.15) is 0 Å². The highest BCUT2D eigenvalue weighted by Crippen LogP contribution is 2.20. The summed E-state index contributed by atoms with van der Waals surface area (Å²) < 4.78 is 1.81. The van der Waals surface area contributed by atoms with E-state index in [0.717, 1.165) is 37.5 Å². The Morgan fingerprint density at radius 3 is 3.16 bits per heavy atom. The lowest BCUT2D eigenvalue weighted by Gasteiger charge is -2.32. The molecule has 1 atom stereocenters. The van der Waals surface area contributed by atoms with Gasteiger partial charge in [0, 0.05) is 25.8 Å². The molecule has 0 bridgehead atoms. The van der Waals surface area contributed by atoms with Gasteiger partial charge in [0.25, 0.3) is 0 Å². The summed E-state index contributed by atoms with van der Waals surface area (Å²) in [7, 11) is 0. The van der Waals surface area contributed by atoms with Crippen molar-refractivity contribution in [2.24, 2.45) is 5.92 Å². The van der Waals surface area contributed by atoms with Crippen molar-refractivity contribution in [1.82, 2.24) is 14.7 Å². The van der Waals surface area contributed by atoms with Crippen LogP contribution >= 0.6 is 11.8 Å². The second-order valence-electron chi connectivity index (χ2n) is 4.92. The van der Waals surface area contributed by atoms with E-state index in [1.807, 2.05) is 34.5 Å². The molecule has 1 fully saturated rings. The van der Waals surface area contributed by atoms with E-state index in [0.29, 0.717) is 5.92 Å². The number of nitrogens with zero attached hydrogens (tertiary/aromatic N) is 3. The lowest BCUT2D eigenvalue weighted by atomic mass is 10.0. The van der Waals surface area contributed by atoms with Crippen LogP contribution in [0.25, 0.3) is 0 Å². The van der Waals surface area contributed by atoms with Crippen LogP contribution in [0, 0.1) is 5.92 Å². The number of hydrogen-bond donors (Lipinski definition) is 1. The lowest BCUT2D eigenvalue weighted by Crippen LogP contribution is -2.42. The minimum Gasteiger partial charge on any atom is -0.324 e. The van der Waals surface area contributed by atoms with E-state index >= 15 is 0 Å². The van der Waals surface area contributed by atoms with Gasteiger partial charge >= 0.3 is 6.03 Å². The number of carbonyl (C=O) groups excluding carboxylic acids is 1. The Balaban J connectivity index is 1.88. The zero-order valence-electron chi connectivity index (χ0n) is 11.6. The molecule has 1 aliphatic rings. The molecule has 0 aliphatic carbocycles. The second-order valence-corrected chi connectivity index (χ2v) is 5.84. The summed E-state index contributed by atoms with van der Waals surface area (Å²) in [5.74, 6) is 1.77. The van der Waals surface area contributed by atoms with Gasteiger partial charge in [0.15, 0.2) is 0 Å². The van der Waals surface area contributed by atoms with Crippen LogP contribution in [0.4, 0.5) is 10.5 Å². The number of nitrogens with one attached hydrogen (secondary N) is 1. The lowest BCUT2D eigenvalue weighted by molar-refractivity contribution is 0.183. The number of hydrogen-bond acceptors (Lipinski definition) is 3. The first-order valence-electron chi connectivity index (χ1n) is 6.80. The maximum Gasteiger partial charge on any atom is 0.321 e. The fraction of sp³-hybridized carbons (Fsp3) is 0.692. The molecular weight excluding hydrogens is 260 g/mol. The molecule has 1 saturated heterocycles. The zero-order chi connectivity index (χ0) is 13.7. The Hall–Kier alpha value is -1.17. The van der Waals surface area contributed by atoms with E-state index in [1.165, 1.54) is 6.42 Å². The molecule has 0 aromatic carbocycles. The van der Waals surface area contributed by atoms with E-state index < -0.39 is 0 Å². The molecule has 1 aromatic rings. The van der Waals surface area contributed by atoms with Crippen LogP contribution in [0.3, 0.4) is 0 Å². The van der Waals surface area contributed by atoms with Gasteiger partial charge in [0.2, 0.25) is 0 Å². The van der Waals surface area contributed by atoms with Gasteiger partial charge < -0.3 is 10.2 Å². The third-order valence-corrected chi connectivity index (χ3v) is 4.22. The first-order valence-corrected chi connectivity index (χ1v) is 8.19. The molecule has 1 aliphatic heterocycles. The van der Waals surface area contributed by atoms with E-state index in [1.54, 1.807) is 6.20 Å². The van der Waals surface area contributed by atoms with Gasteiger partial charge in [-0.15, -0.1) is 0 Å². The molecule has 1 unspecified atom stereocenters. The molecule has 19 heavy (non-hydrogen) atoms. The average molecular weight is 282 g/mol. The van der Waals surface area contributed by atoms with Crippen LogP contribution in [0.2, 0.25) is 0 Å². The number of carbonyl (C=O) groups is 1. The number of urea groups is 1. The van der Waals surface area contributed by atoms with Crippen LogP contribution in [-0.2, 0) is 6.54 Å². The normalized spacial score (nSPS) is 19.5. The number of rotatable bonds is 4. The Bertz CT molecular complexity index is 419. The van der Waals surface area contributed by atoms with Crippen LogP contribution < -0.4 is 5.32 Å². The molecule has 1 N–H and O–H groups in total. The Labute approximate surface area is 118 Å². The van der Waals surface area contributed by atoms with Crippen LogP contribution in [0.1, 0.15) is 19.8 Å². The summed E-state index contributed by atoms with van der Waals surface area (Å²) >= 11 is 1.86. The number of aromatic nitrogens is 2. The van der Waals surface area contributed by atoms with Crippen molar-refractivity contribution in [2.45, 2.75) is 26.3 Å². The number of likely N-dealkylation sites (tertiary alicyclic amines) is 1. The summed E-state index contributed by atoms with van der Waals surface area (Å²) in [6.07, 6.45) is 8.02. The van der Waals surface area contributed by atoms with Crippen LogP contribution in [-0.4, -0.2) is 45.8 Å². The number of thioether (sulfide) groups is 1. The number of piperidine rings is 1. The fourth-order valence-electron chi connectivity index (χ4n) is 2.42. The Morgan fingerprint density at radius 2 is 2.47 bits per heavy atom. The van der Waals surface area contributed by atoms with Crippen LogP contribution in [0.5, 0.6) is 0 Å². The predicted molar refractivity (Wildman–Crippen MR) is 79.6 cm³/mol. The molecule has 0 saturated carbocycles. The van der Waals surface area contributed by atoms with Gasteiger partial charge in [-0.1, -0.05) is 0 Å². The Kier molecular flexibility index (Phi) is 5.13. The van der Waals surface area contributed by atoms with E-state index in [2.05, 4.69) is 16.7 Å². The molecule has 2 amide bonds. The Morgan fingerprint density at radius 1 is 1.63 bits per heavy atom. The van der Waals surface area contributed by atoms with Crippen molar-refractivity contribution in [1.29, 1.82) is 0 Å².